The van der Waals surface area contributed by atoms with Crippen LogP contribution in [-0.4, -0.2) is 56.9 Å². The molecule has 1 N–H and O–H groups in total. The van der Waals surface area contributed by atoms with Gasteiger partial charge in [-0.3, -0.25) is 14.6 Å². The van der Waals surface area contributed by atoms with E-state index in [1.807, 2.05) is 24.3 Å². The van der Waals surface area contributed by atoms with Crippen LogP contribution >= 0.6 is 11.3 Å². The Balaban J connectivity index is 1.30. The van der Waals surface area contributed by atoms with Gasteiger partial charge in [-0.1, -0.05) is 41.7 Å². The molecule has 1 amide bonds. The van der Waals surface area contributed by atoms with E-state index in [1.54, 1.807) is 42.3 Å². The van der Waals surface area contributed by atoms with Crippen molar-refractivity contribution in [2.24, 2.45) is 0 Å². The van der Waals surface area contributed by atoms with Gasteiger partial charge in [-0.2, -0.15) is 0 Å². The summed E-state index contributed by atoms with van der Waals surface area (Å²) in [6.07, 6.45) is 1.34. The molecule has 1 saturated heterocycles. The van der Waals surface area contributed by atoms with Gasteiger partial charge in [0.15, 0.2) is 5.13 Å². The highest BCUT2D eigenvalue weighted by Gasteiger charge is 2.26. The molecule has 3 aromatic rings. The van der Waals surface area contributed by atoms with E-state index in [0.717, 1.165) is 10.2 Å². The first-order chi connectivity index (χ1) is 14.4. The number of amides is 1. The van der Waals surface area contributed by atoms with E-state index >= 15 is 0 Å². The van der Waals surface area contributed by atoms with Crippen molar-refractivity contribution in [1.29, 1.82) is 0 Å². The number of piperidine rings is 1. The lowest BCUT2D eigenvalue weighted by atomic mass is 10.1. The van der Waals surface area contributed by atoms with Gasteiger partial charge in [0.2, 0.25) is 15.9 Å². The predicted octanol–water partition coefficient (Wildman–Crippen LogP) is 2.70. The molecule has 1 aliphatic rings. The van der Waals surface area contributed by atoms with Gasteiger partial charge in [0, 0.05) is 26.2 Å². The molecule has 2 aromatic carbocycles. The summed E-state index contributed by atoms with van der Waals surface area (Å²) in [5.74, 6) is -0.0163. The van der Waals surface area contributed by atoms with Gasteiger partial charge < -0.3 is 0 Å². The molecule has 0 bridgehead atoms. The van der Waals surface area contributed by atoms with Gasteiger partial charge in [-0.05, 0) is 37.1 Å². The summed E-state index contributed by atoms with van der Waals surface area (Å²) in [7, 11) is -1.76. The average Bonchev–Trinajstić information content (AvgIpc) is 3.19. The van der Waals surface area contributed by atoms with Crippen molar-refractivity contribution in [3.05, 3.63) is 54.6 Å². The summed E-state index contributed by atoms with van der Waals surface area (Å²) >= 11 is 1.50. The molecule has 2 heterocycles. The summed E-state index contributed by atoms with van der Waals surface area (Å²) in [5, 5.41) is 0.687. The number of likely N-dealkylation sites (tertiary alicyclic amines) is 1. The molecule has 1 aromatic heterocycles. The molecular formula is C21H24N4O3S2. The molecule has 1 aliphatic heterocycles. The highest BCUT2D eigenvalue weighted by molar-refractivity contribution is 7.89. The number of aromatic nitrogens is 1. The Kier molecular flexibility index (Phi) is 6.14. The fraction of sp³-hybridized carbons (Fsp3) is 0.333. The van der Waals surface area contributed by atoms with Crippen LogP contribution in [0.25, 0.3) is 10.2 Å². The zero-order valence-corrected chi connectivity index (χ0v) is 18.3. The predicted molar refractivity (Wildman–Crippen MR) is 119 cm³/mol. The SMILES string of the molecule is CN(C(=O)CN1CCC(NS(=O)(=O)c2ccccc2)CC1)c1nc2ccccc2s1. The Labute approximate surface area is 180 Å². The number of para-hydroxylation sites is 1. The van der Waals surface area contributed by atoms with E-state index < -0.39 is 10.0 Å². The number of carbonyl (C=O) groups is 1. The molecule has 0 unspecified atom stereocenters. The van der Waals surface area contributed by atoms with Crippen molar-refractivity contribution in [2.75, 3.05) is 31.6 Å². The standard InChI is InChI=1S/C21H24N4O3S2/c1-24(21-22-18-9-5-6-10-19(18)29-21)20(26)15-25-13-11-16(12-14-25)23-30(27,28)17-7-3-2-4-8-17/h2-10,16,23H,11-15H2,1H3. The lowest BCUT2D eigenvalue weighted by Gasteiger charge is -2.32. The maximum atomic E-state index is 12.7. The van der Waals surface area contributed by atoms with E-state index in [9.17, 15) is 13.2 Å². The number of sulfonamides is 1. The van der Waals surface area contributed by atoms with Gasteiger partial charge in [0.1, 0.15) is 0 Å². The van der Waals surface area contributed by atoms with Gasteiger partial charge in [0.25, 0.3) is 0 Å². The number of nitrogens with zero attached hydrogens (tertiary/aromatic N) is 3. The second-order valence-electron chi connectivity index (χ2n) is 7.40. The number of hydrogen-bond acceptors (Lipinski definition) is 6. The fourth-order valence-electron chi connectivity index (χ4n) is 3.50. The first kappa shape index (κ1) is 20.9. The number of hydrogen-bond donors (Lipinski definition) is 1. The molecule has 1 fully saturated rings. The lowest BCUT2D eigenvalue weighted by molar-refractivity contribution is -0.119. The minimum absolute atomic E-state index is 0.0163. The van der Waals surface area contributed by atoms with Gasteiger partial charge >= 0.3 is 0 Å². The Bertz CT molecular complexity index is 1090. The summed E-state index contributed by atoms with van der Waals surface area (Å²) in [5.41, 5.74) is 0.892. The minimum Gasteiger partial charge on any atom is -0.294 e. The molecule has 30 heavy (non-hydrogen) atoms. The van der Waals surface area contributed by atoms with E-state index in [1.165, 1.54) is 11.3 Å². The monoisotopic (exact) mass is 444 g/mol. The van der Waals surface area contributed by atoms with E-state index in [2.05, 4.69) is 14.6 Å². The maximum absolute atomic E-state index is 12.7. The number of likely N-dealkylation sites (N-methyl/N-ethyl adjacent to an activating group) is 1. The number of fused-ring (bicyclic) bond motifs is 1. The number of anilines is 1. The van der Waals surface area contributed by atoms with Crippen LogP contribution in [0.1, 0.15) is 12.8 Å². The smallest absolute Gasteiger partial charge is 0.242 e. The second-order valence-corrected chi connectivity index (χ2v) is 10.1. The van der Waals surface area contributed by atoms with Crippen LogP contribution in [0.3, 0.4) is 0 Å². The first-order valence-corrected chi connectivity index (χ1v) is 12.1. The summed E-state index contributed by atoms with van der Waals surface area (Å²) in [6, 6.07) is 16.1. The van der Waals surface area contributed by atoms with E-state index in [-0.39, 0.29) is 16.8 Å². The van der Waals surface area contributed by atoms with Crippen LogP contribution in [0.4, 0.5) is 5.13 Å². The van der Waals surface area contributed by atoms with Crippen LogP contribution in [0, 0.1) is 0 Å². The normalized spacial score (nSPS) is 16.0. The number of benzene rings is 2. The second kappa shape index (κ2) is 8.81. The quantitative estimate of drug-likeness (QED) is 0.632. The highest BCUT2D eigenvalue weighted by atomic mass is 32.2. The zero-order chi connectivity index (χ0) is 21.1. The van der Waals surface area contributed by atoms with Crippen LogP contribution in [-0.2, 0) is 14.8 Å². The molecule has 9 heteroatoms. The number of carbonyl (C=O) groups excluding carboxylic acids is 1. The van der Waals surface area contributed by atoms with Gasteiger partial charge in [-0.15, -0.1) is 0 Å². The summed E-state index contributed by atoms with van der Waals surface area (Å²) < 4.78 is 28.8. The Morgan fingerprint density at radius 1 is 1.13 bits per heavy atom. The topological polar surface area (TPSA) is 82.6 Å². The lowest BCUT2D eigenvalue weighted by Crippen LogP contribution is -2.47. The molecule has 0 spiro atoms. The Hall–Kier alpha value is -2.33. The number of nitrogens with one attached hydrogen (secondary N) is 1. The van der Waals surface area contributed by atoms with Crippen molar-refractivity contribution < 1.29 is 13.2 Å². The Morgan fingerprint density at radius 3 is 2.50 bits per heavy atom. The number of rotatable bonds is 6. The van der Waals surface area contributed by atoms with Gasteiger partial charge in [0.05, 0.1) is 21.7 Å². The molecular weight excluding hydrogens is 420 g/mol. The molecule has 4 rings (SSSR count). The van der Waals surface area contributed by atoms with Crippen molar-refractivity contribution >= 4 is 42.6 Å². The van der Waals surface area contributed by atoms with Crippen molar-refractivity contribution in [3.8, 4) is 0 Å². The van der Waals surface area contributed by atoms with Crippen molar-refractivity contribution in [3.63, 3.8) is 0 Å². The molecule has 0 saturated carbocycles. The Morgan fingerprint density at radius 2 is 1.80 bits per heavy atom. The zero-order valence-electron chi connectivity index (χ0n) is 16.7. The van der Waals surface area contributed by atoms with E-state index in [0.29, 0.717) is 37.6 Å². The fourth-order valence-corrected chi connectivity index (χ4v) is 5.77. The minimum atomic E-state index is -3.51. The number of thiazole rings is 1. The van der Waals surface area contributed by atoms with Crippen molar-refractivity contribution in [1.82, 2.24) is 14.6 Å². The first-order valence-electron chi connectivity index (χ1n) is 9.84. The third-order valence-electron chi connectivity index (χ3n) is 5.27. The third kappa shape index (κ3) is 4.70. The molecule has 158 valence electrons. The van der Waals surface area contributed by atoms with Gasteiger partial charge in [-0.25, -0.2) is 18.1 Å². The third-order valence-corrected chi connectivity index (χ3v) is 7.91. The maximum Gasteiger partial charge on any atom is 0.242 e. The molecule has 0 radical (unpaired) electrons. The largest absolute Gasteiger partial charge is 0.294 e. The summed E-state index contributed by atoms with van der Waals surface area (Å²) in [4.78, 5) is 21.2. The molecule has 0 atom stereocenters. The van der Waals surface area contributed by atoms with Crippen LogP contribution in [0.5, 0.6) is 0 Å². The van der Waals surface area contributed by atoms with Crippen LogP contribution < -0.4 is 9.62 Å². The molecule has 7 nitrogen and oxygen atoms in total. The summed E-state index contributed by atoms with van der Waals surface area (Å²) in [6.45, 7) is 1.63. The average molecular weight is 445 g/mol. The van der Waals surface area contributed by atoms with E-state index in [4.69, 9.17) is 0 Å². The highest BCUT2D eigenvalue weighted by Crippen LogP contribution is 2.28. The molecule has 0 aliphatic carbocycles. The van der Waals surface area contributed by atoms with Crippen LogP contribution in [0.2, 0.25) is 0 Å². The van der Waals surface area contributed by atoms with Crippen LogP contribution in [0.15, 0.2) is 59.5 Å². The van der Waals surface area contributed by atoms with Crippen molar-refractivity contribution in [2.45, 2.75) is 23.8 Å².